The van der Waals surface area contributed by atoms with Crippen LogP contribution in [-0.2, 0) is 4.79 Å². The van der Waals surface area contributed by atoms with Crippen molar-refractivity contribution in [2.24, 2.45) is 5.10 Å². The van der Waals surface area contributed by atoms with Crippen LogP contribution in [0.2, 0.25) is 0 Å². The molecule has 3 N–H and O–H groups in total. The summed E-state index contributed by atoms with van der Waals surface area (Å²) in [6.07, 6.45) is 4.94. The molecule has 0 aliphatic carbocycles. The number of benzene rings is 1. The van der Waals surface area contributed by atoms with E-state index in [4.69, 9.17) is 5.11 Å². The summed E-state index contributed by atoms with van der Waals surface area (Å²) in [4.78, 5) is 23.9. The Morgan fingerprint density at radius 2 is 1.93 bits per heavy atom. The molecule has 2 amide bonds. The summed E-state index contributed by atoms with van der Waals surface area (Å²) in [5.74, 6) is 5.47. The summed E-state index contributed by atoms with van der Waals surface area (Å²) in [6, 6.07) is 6.91. The van der Waals surface area contributed by atoms with Gasteiger partial charge in [0.1, 0.15) is 0 Å². The third-order valence-corrected chi connectivity index (χ3v) is 3.90. The smallest absolute Gasteiger partial charge is 0.251 e. The Bertz CT molecular complexity index is 698. The number of hydrogen-bond acceptors (Lipinski definition) is 4. The van der Waals surface area contributed by atoms with Crippen LogP contribution in [0, 0.1) is 11.8 Å². The van der Waals surface area contributed by atoms with E-state index in [9.17, 15) is 9.59 Å². The van der Waals surface area contributed by atoms with Crippen molar-refractivity contribution in [1.29, 1.82) is 0 Å². The molecule has 0 aromatic heterocycles. The van der Waals surface area contributed by atoms with Crippen LogP contribution in [0.25, 0.3) is 0 Å². The van der Waals surface area contributed by atoms with Gasteiger partial charge >= 0.3 is 0 Å². The Kier molecular flexibility index (Phi) is 9.84. The number of rotatable bonds is 10. The third-order valence-electron chi connectivity index (χ3n) is 3.90. The number of aliphatic hydroxyl groups excluding tert-OH is 1. The van der Waals surface area contributed by atoms with E-state index in [1.807, 2.05) is 13.8 Å². The molecule has 0 spiro atoms. The maximum absolute atomic E-state index is 12.2. The van der Waals surface area contributed by atoms with Gasteiger partial charge in [-0.3, -0.25) is 9.59 Å². The number of hydrazone groups is 1. The van der Waals surface area contributed by atoms with E-state index in [0.717, 1.165) is 24.8 Å². The first kappa shape index (κ1) is 22.4. The molecule has 0 aliphatic heterocycles. The van der Waals surface area contributed by atoms with E-state index < -0.39 is 5.54 Å². The molecular formula is C21H29N3O3. The topological polar surface area (TPSA) is 90.8 Å². The summed E-state index contributed by atoms with van der Waals surface area (Å²) in [6.45, 7) is 5.55. The highest BCUT2D eigenvalue weighted by Crippen LogP contribution is 2.10. The van der Waals surface area contributed by atoms with E-state index in [0.29, 0.717) is 18.4 Å². The largest absolute Gasteiger partial charge is 0.396 e. The fourth-order valence-corrected chi connectivity index (χ4v) is 2.30. The predicted molar refractivity (Wildman–Crippen MR) is 107 cm³/mol. The first-order valence-electron chi connectivity index (χ1n) is 9.13. The number of carbonyl (C=O) groups is 2. The molecule has 0 unspecified atom stereocenters. The SMILES string of the molecule is CC#CCCCCC(=O)N/N=C\c1ccc(C(=O)NC(C)(C)CCO)cc1. The standard InChI is InChI=1S/C21H29N3O3/c1-4-5-6-7-8-9-19(26)24-22-16-17-10-12-18(13-11-17)20(27)23-21(2,3)14-15-25/h10-13,16,25H,6-9,14-15H2,1-3H3,(H,23,27)(H,24,26)/b22-16-. The zero-order valence-corrected chi connectivity index (χ0v) is 16.3. The fraction of sp³-hybridized carbons (Fsp3) is 0.476. The second-order valence-electron chi connectivity index (χ2n) is 6.86. The predicted octanol–water partition coefficient (Wildman–Crippen LogP) is 2.61. The maximum atomic E-state index is 12.2. The van der Waals surface area contributed by atoms with Gasteiger partial charge in [-0.05, 0) is 57.7 Å². The number of nitrogens with one attached hydrogen (secondary N) is 2. The number of amides is 2. The molecule has 1 aromatic carbocycles. The number of aliphatic hydroxyl groups is 1. The summed E-state index contributed by atoms with van der Waals surface area (Å²) < 4.78 is 0. The van der Waals surface area contributed by atoms with E-state index in [2.05, 4.69) is 27.7 Å². The van der Waals surface area contributed by atoms with Crippen molar-refractivity contribution in [3.8, 4) is 11.8 Å². The quantitative estimate of drug-likeness (QED) is 0.256. The van der Waals surface area contributed by atoms with Gasteiger partial charge < -0.3 is 10.4 Å². The lowest BCUT2D eigenvalue weighted by Crippen LogP contribution is -2.44. The van der Waals surface area contributed by atoms with Crippen molar-refractivity contribution in [2.75, 3.05) is 6.61 Å². The van der Waals surface area contributed by atoms with Crippen molar-refractivity contribution in [3.63, 3.8) is 0 Å². The molecule has 146 valence electrons. The summed E-state index contributed by atoms with van der Waals surface area (Å²) in [5.41, 5.74) is 3.33. The Balaban J connectivity index is 2.44. The summed E-state index contributed by atoms with van der Waals surface area (Å²) in [7, 11) is 0. The molecular weight excluding hydrogens is 342 g/mol. The minimum Gasteiger partial charge on any atom is -0.396 e. The van der Waals surface area contributed by atoms with Crippen LogP contribution in [0.15, 0.2) is 29.4 Å². The molecule has 6 heteroatoms. The molecule has 0 saturated heterocycles. The lowest BCUT2D eigenvalue weighted by molar-refractivity contribution is -0.121. The van der Waals surface area contributed by atoms with E-state index in [-0.39, 0.29) is 18.4 Å². The molecule has 0 fully saturated rings. The highest BCUT2D eigenvalue weighted by Gasteiger charge is 2.20. The lowest BCUT2D eigenvalue weighted by atomic mass is 10.0. The Labute approximate surface area is 161 Å². The number of nitrogens with zero attached hydrogens (tertiary/aromatic N) is 1. The highest BCUT2D eigenvalue weighted by atomic mass is 16.3. The zero-order valence-electron chi connectivity index (χ0n) is 16.3. The molecule has 0 atom stereocenters. The van der Waals surface area contributed by atoms with Crippen LogP contribution in [-0.4, -0.2) is 35.3 Å². The monoisotopic (exact) mass is 371 g/mol. The van der Waals surface area contributed by atoms with Crippen molar-refractivity contribution in [2.45, 2.75) is 58.4 Å². The highest BCUT2D eigenvalue weighted by molar-refractivity contribution is 5.95. The van der Waals surface area contributed by atoms with Crippen LogP contribution in [0.1, 0.15) is 68.8 Å². The second-order valence-corrected chi connectivity index (χ2v) is 6.86. The van der Waals surface area contributed by atoms with Gasteiger partial charge in [-0.1, -0.05) is 12.1 Å². The van der Waals surface area contributed by atoms with Crippen LogP contribution in [0.3, 0.4) is 0 Å². The van der Waals surface area contributed by atoms with Gasteiger partial charge in [-0.15, -0.1) is 11.8 Å². The normalized spacial score (nSPS) is 11.0. The third kappa shape index (κ3) is 9.57. The Hall–Kier alpha value is -2.65. The van der Waals surface area contributed by atoms with Crippen LogP contribution in [0.4, 0.5) is 0 Å². The zero-order chi connectivity index (χ0) is 20.1. The van der Waals surface area contributed by atoms with E-state index in [1.54, 1.807) is 31.2 Å². The molecule has 1 rings (SSSR count). The number of unbranched alkanes of at least 4 members (excludes halogenated alkanes) is 2. The van der Waals surface area contributed by atoms with Crippen LogP contribution in [0.5, 0.6) is 0 Å². The molecule has 0 heterocycles. The van der Waals surface area contributed by atoms with Crippen LogP contribution < -0.4 is 10.7 Å². The Morgan fingerprint density at radius 3 is 2.56 bits per heavy atom. The van der Waals surface area contributed by atoms with Gasteiger partial charge in [0.15, 0.2) is 0 Å². The summed E-state index contributed by atoms with van der Waals surface area (Å²) >= 11 is 0. The van der Waals surface area contributed by atoms with Gasteiger partial charge in [0.05, 0.1) is 6.21 Å². The van der Waals surface area contributed by atoms with Gasteiger partial charge in [-0.2, -0.15) is 5.10 Å². The average Bonchev–Trinajstić information content (AvgIpc) is 2.61. The summed E-state index contributed by atoms with van der Waals surface area (Å²) in [5, 5.41) is 15.8. The molecule has 1 aromatic rings. The van der Waals surface area contributed by atoms with Crippen molar-refractivity contribution < 1.29 is 14.7 Å². The molecule has 0 radical (unpaired) electrons. The van der Waals surface area contributed by atoms with Gasteiger partial charge in [-0.25, -0.2) is 5.43 Å². The fourth-order valence-electron chi connectivity index (χ4n) is 2.30. The van der Waals surface area contributed by atoms with Crippen molar-refractivity contribution in [1.82, 2.24) is 10.7 Å². The van der Waals surface area contributed by atoms with E-state index in [1.165, 1.54) is 6.21 Å². The minimum absolute atomic E-state index is 0.0151. The molecule has 6 nitrogen and oxygen atoms in total. The van der Waals surface area contributed by atoms with Gasteiger partial charge in [0.2, 0.25) is 5.91 Å². The lowest BCUT2D eigenvalue weighted by Gasteiger charge is -2.25. The minimum atomic E-state index is -0.473. The molecule has 27 heavy (non-hydrogen) atoms. The number of hydrogen-bond donors (Lipinski definition) is 3. The maximum Gasteiger partial charge on any atom is 0.251 e. The first-order valence-corrected chi connectivity index (χ1v) is 9.13. The first-order chi connectivity index (χ1) is 12.9. The van der Waals surface area contributed by atoms with Crippen LogP contribution >= 0.6 is 0 Å². The van der Waals surface area contributed by atoms with Gasteiger partial charge in [0.25, 0.3) is 5.91 Å². The second kappa shape index (κ2) is 11.9. The van der Waals surface area contributed by atoms with E-state index >= 15 is 0 Å². The molecule has 0 aliphatic rings. The van der Waals surface area contributed by atoms with Crippen molar-refractivity contribution in [3.05, 3.63) is 35.4 Å². The van der Waals surface area contributed by atoms with Crippen molar-refractivity contribution >= 4 is 18.0 Å². The molecule has 0 bridgehead atoms. The number of carbonyl (C=O) groups excluding carboxylic acids is 2. The average molecular weight is 371 g/mol. The molecule has 0 saturated carbocycles. The van der Waals surface area contributed by atoms with Gasteiger partial charge in [0, 0.05) is 30.6 Å². The Morgan fingerprint density at radius 1 is 1.22 bits per heavy atom.